The van der Waals surface area contributed by atoms with Crippen molar-refractivity contribution in [2.24, 2.45) is 5.73 Å². The van der Waals surface area contributed by atoms with Crippen LogP contribution in [0.1, 0.15) is 38.9 Å². The van der Waals surface area contributed by atoms with Crippen molar-refractivity contribution in [2.75, 3.05) is 5.32 Å². The molecule has 1 aromatic carbocycles. The van der Waals surface area contributed by atoms with Gasteiger partial charge in [-0.3, -0.25) is 4.79 Å². The summed E-state index contributed by atoms with van der Waals surface area (Å²) in [6.07, 6.45) is 4.71. The third kappa shape index (κ3) is 2.78. The Morgan fingerprint density at radius 1 is 1.33 bits per heavy atom. The molecule has 3 rings (SSSR count). The Morgan fingerprint density at radius 2 is 2.14 bits per heavy atom. The summed E-state index contributed by atoms with van der Waals surface area (Å²) in [6, 6.07) is 5.89. The topological polar surface area (TPSA) is 72.9 Å². The molecule has 2 heterocycles. The molecule has 2 aromatic rings. The molecule has 5 nitrogen and oxygen atoms in total. The number of carbonyl (C=O) groups excluding carboxylic acids is 1. The molecule has 1 amide bonds. The number of hydrogen-bond donors (Lipinski definition) is 2. The van der Waals surface area contributed by atoms with Crippen LogP contribution in [0.3, 0.4) is 0 Å². The average Bonchev–Trinajstić information content (AvgIpc) is 2.59. The first-order valence-electron chi connectivity index (χ1n) is 7.55. The van der Waals surface area contributed by atoms with Gasteiger partial charge in [-0.2, -0.15) is 0 Å². The summed E-state index contributed by atoms with van der Waals surface area (Å²) in [7, 11) is 0. The van der Waals surface area contributed by atoms with Gasteiger partial charge in [0.1, 0.15) is 5.82 Å². The van der Waals surface area contributed by atoms with Crippen molar-refractivity contribution in [2.45, 2.75) is 51.6 Å². The number of imidazole rings is 1. The van der Waals surface area contributed by atoms with Crippen LogP contribution >= 0.6 is 0 Å². The highest BCUT2D eigenvalue weighted by molar-refractivity contribution is 5.98. The van der Waals surface area contributed by atoms with Gasteiger partial charge in [0, 0.05) is 18.7 Å². The second-order valence-electron chi connectivity index (χ2n) is 6.37. The van der Waals surface area contributed by atoms with E-state index >= 15 is 0 Å². The van der Waals surface area contributed by atoms with Gasteiger partial charge in [-0.15, -0.1) is 0 Å². The standard InChI is InChI=1S/C16H22N4O/c1-16(2,17)15(21)18-11-7-8-13-12(10-11)19-14-6-4-3-5-9-20(13)14/h7-8,10H,3-6,9,17H2,1-2H3,(H,18,21). The number of anilines is 1. The van der Waals surface area contributed by atoms with Crippen molar-refractivity contribution in [1.29, 1.82) is 0 Å². The molecule has 0 fully saturated rings. The van der Waals surface area contributed by atoms with Crippen LogP contribution in [0.5, 0.6) is 0 Å². The molecule has 0 aliphatic carbocycles. The van der Waals surface area contributed by atoms with Crippen LogP contribution in [-0.2, 0) is 17.8 Å². The summed E-state index contributed by atoms with van der Waals surface area (Å²) in [5.41, 5.74) is 7.76. The first-order valence-corrected chi connectivity index (χ1v) is 7.55. The van der Waals surface area contributed by atoms with Crippen LogP contribution in [0.25, 0.3) is 11.0 Å². The summed E-state index contributed by atoms with van der Waals surface area (Å²) >= 11 is 0. The number of nitrogens with zero attached hydrogens (tertiary/aromatic N) is 2. The average molecular weight is 286 g/mol. The molecule has 0 radical (unpaired) electrons. The van der Waals surface area contributed by atoms with Gasteiger partial charge in [0.25, 0.3) is 0 Å². The number of benzene rings is 1. The number of amides is 1. The third-order valence-corrected chi connectivity index (χ3v) is 3.95. The predicted octanol–water partition coefficient (Wildman–Crippen LogP) is 2.44. The van der Waals surface area contributed by atoms with E-state index in [2.05, 4.69) is 9.88 Å². The molecule has 3 N–H and O–H groups in total. The van der Waals surface area contributed by atoms with Crippen LogP contribution in [-0.4, -0.2) is 21.0 Å². The number of rotatable bonds is 2. The van der Waals surface area contributed by atoms with Gasteiger partial charge in [-0.25, -0.2) is 4.98 Å². The quantitative estimate of drug-likeness (QED) is 0.890. The summed E-state index contributed by atoms with van der Waals surface area (Å²) < 4.78 is 2.31. The Labute approximate surface area is 124 Å². The molecular formula is C16H22N4O. The van der Waals surface area contributed by atoms with Crippen molar-refractivity contribution in [1.82, 2.24) is 9.55 Å². The molecule has 0 unspecified atom stereocenters. The zero-order valence-corrected chi connectivity index (χ0v) is 12.6. The molecule has 1 aliphatic rings. The predicted molar refractivity (Wildman–Crippen MR) is 84.2 cm³/mol. The van der Waals surface area contributed by atoms with Crippen molar-refractivity contribution in [3.63, 3.8) is 0 Å². The van der Waals surface area contributed by atoms with Crippen molar-refractivity contribution in [3.8, 4) is 0 Å². The minimum absolute atomic E-state index is 0.192. The first kappa shape index (κ1) is 14.1. The molecule has 112 valence electrons. The van der Waals surface area contributed by atoms with Gasteiger partial charge < -0.3 is 15.6 Å². The van der Waals surface area contributed by atoms with E-state index in [0.29, 0.717) is 0 Å². The van der Waals surface area contributed by atoms with Crippen molar-refractivity contribution in [3.05, 3.63) is 24.0 Å². The van der Waals surface area contributed by atoms with Crippen LogP contribution in [0, 0.1) is 0 Å². The molecule has 0 bridgehead atoms. The SMILES string of the molecule is CC(C)(N)C(=O)Nc1ccc2c(c1)nc1n2CCCCC1. The summed E-state index contributed by atoms with van der Waals surface area (Å²) in [4.78, 5) is 16.7. The smallest absolute Gasteiger partial charge is 0.243 e. The highest BCUT2D eigenvalue weighted by Gasteiger charge is 2.22. The summed E-state index contributed by atoms with van der Waals surface area (Å²) in [5.74, 6) is 0.966. The maximum Gasteiger partial charge on any atom is 0.243 e. The maximum atomic E-state index is 11.9. The fraction of sp³-hybridized carbons (Fsp3) is 0.500. The second-order valence-corrected chi connectivity index (χ2v) is 6.37. The van der Waals surface area contributed by atoms with Gasteiger partial charge in [0.15, 0.2) is 0 Å². The van der Waals surface area contributed by atoms with Gasteiger partial charge in [0.05, 0.1) is 16.6 Å². The van der Waals surface area contributed by atoms with E-state index in [1.54, 1.807) is 13.8 Å². The molecule has 21 heavy (non-hydrogen) atoms. The highest BCUT2D eigenvalue weighted by atomic mass is 16.2. The molecule has 0 saturated carbocycles. The fourth-order valence-electron chi connectivity index (χ4n) is 2.72. The molecular weight excluding hydrogens is 264 g/mol. The minimum Gasteiger partial charge on any atom is -0.328 e. The van der Waals surface area contributed by atoms with Gasteiger partial charge in [0.2, 0.25) is 5.91 Å². The van der Waals surface area contributed by atoms with Crippen molar-refractivity contribution >= 4 is 22.6 Å². The number of aromatic nitrogens is 2. The minimum atomic E-state index is -0.889. The Kier molecular flexibility index (Phi) is 3.45. The highest BCUT2D eigenvalue weighted by Crippen LogP contribution is 2.24. The van der Waals surface area contributed by atoms with E-state index in [-0.39, 0.29) is 5.91 Å². The molecule has 1 aromatic heterocycles. The molecule has 0 atom stereocenters. The van der Waals surface area contributed by atoms with E-state index in [0.717, 1.165) is 35.5 Å². The second kappa shape index (κ2) is 5.15. The maximum absolute atomic E-state index is 11.9. The van der Waals surface area contributed by atoms with E-state index in [1.165, 1.54) is 19.3 Å². The lowest BCUT2D eigenvalue weighted by atomic mass is 10.1. The molecule has 0 saturated heterocycles. The van der Waals surface area contributed by atoms with Crippen LogP contribution in [0.2, 0.25) is 0 Å². The number of nitrogens with one attached hydrogen (secondary N) is 1. The summed E-state index contributed by atoms with van der Waals surface area (Å²) in [5, 5.41) is 2.85. The van der Waals surface area contributed by atoms with Crippen molar-refractivity contribution < 1.29 is 4.79 Å². The Morgan fingerprint density at radius 3 is 2.90 bits per heavy atom. The van der Waals surface area contributed by atoms with Gasteiger partial charge >= 0.3 is 0 Å². The number of carbonyl (C=O) groups is 1. The zero-order chi connectivity index (χ0) is 15.0. The summed E-state index contributed by atoms with van der Waals surface area (Å²) in [6.45, 7) is 4.42. The van der Waals surface area contributed by atoms with Gasteiger partial charge in [-0.1, -0.05) is 6.42 Å². The lowest BCUT2D eigenvalue weighted by Gasteiger charge is -2.17. The Bertz CT molecular complexity index is 681. The molecule has 1 aliphatic heterocycles. The van der Waals surface area contributed by atoms with Crippen LogP contribution < -0.4 is 11.1 Å². The molecule has 5 heteroatoms. The number of nitrogens with two attached hydrogens (primary N) is 1. The number of hydrogen-bond acceptors (Lipinski definition) is 3. The van der Waals surface area contributed by atoms with E-state index in [4.69, 9.17) is 10.7 Å². The lowest BCUT2D eigenvalue weighted by Crippen LogP contribution is -2.45. The number of aryl methyl sites for hydroxylation is 2. The lowest BCUT2D eigenvalue weighted by molar-refractivity contribution is -0.120. The van der Waals surface area contributed by atoms with Crippen LogP contribution in [0.15, 0.2) is 18.2 Å². The zero-order valence-electron chi connectivity index (χ0n) is 12.6. The Hall–Kier alpha value is -1.88. The van der Waals surface area contributed by atoms with E-state index in [1.807, 2.05) is 18.2 Å². The monoisotopic (exact) mass is 286 g/mol. The fourth-order valence-corrected chi connectivity index (χ4v) is 2.72. The van der Waals surface area contributed by atoms with E-state index < -0.39 is 5.54 Å². The largest absolute Gasteiger partial charge is 0.328 e. The van der Waals surface area contributed by atoms with E-state index in [9.17, 15) is 4.79 Å². The first-order chi connectivity index (χ1) is 9.95. The number of fused-ring (bicyclic) bond motifs is 3. The Balaban J connectivity index is 1.93. The normalized spacial score (nSPS) is 15.6. The third-order valence-electron chi connectivity index (χ3n) is 3.95. The van der Waals surface area contributed by atoms with Crippen LogP contribution in [0.4, 0.5) is 5.69 Å². The molecule has 0 spiro atoms. The van der Waals surface area contributed by atoms with Gasteiger partial charge in [-0.05, 0) is 44.9 Å².